The number of anilines is 1. The molecule has 1 amide bonds. The van der Waals surface area contributed by atoms with Crippen molar-refractivity contribution < 1.29 is 19.2 Å². The topological polar surface area (TPSA) is 96.5 Å². The van der Waals surface area contributed by atoms with Crippen LogP contribution in [-0.2, 0) is 9.59 Å². The van der Waals surface area contributed by atoms with E-state index < -0.39 is 17.7 Å². The maximum absolute atomic E-state index is 12.9. The summed E-state index contributed by atoms with van der Waals surface area (Å²) in [6.07, 6.45) is 3.15. The van der Waals surface area contributed by atoms with Gasteiger partial charge in [-0.3, -0.25) is 19.5 Å². The van der Waals surface area contributed by atoms with Gasteiger partial charge in [-0.15, -0.1) is 0 Å². The molecule has 3 aromatic rings. The Morgan fingerprint density at radius 1 is 1.14 bits per heavy atom. The van der Waals surface area contributed by atoms with Crippen molar-refractivity contribution in [3.05, 3.63) is 82.9 Å². The van der Waals surface area contributed by atoms with Gasteiger partial charge in [-0.2, -0.15) is 0 Å². The van der Waals surface area contributed by atoms with Crippen LogP contribution in [0.2, 0.25) is 0 Å². The summed E-state index contributed by atoms with van der Waals surface area (Å²) >= 11 is 0. The first-order chi connectivity index (χ1) is 13.5. The minimum atomic E-state index is -0.862. The van der Waals surface area contributed by atoms with E-state index in [1.807, 2.05) is 19.1 Å². The van der Waals surface area contributed by atoms with Gasteiger partial charge in [0.25, 0.3) is 5.78 Å². The third-order valence-corrected chi connectivity index (χ3v) is 4.63. The minimum absolute atomic E-state index is 0.0116. The normalized spacial score (nSPS) is 18.6. The van der Waals surface area contributed by atoms with E-state index >= 15 is 0 Å². The third-order valence-electron chi connectivity index (χ3n) is 4.63. The van der Waals surface area contributed by atoms with Crippen molar-refractivity contribution in [1.29, 1.82) is 0 Å². The number of amides is 1. The molecular formula is C21H17N3O4. The van der Waals surface area contributed by atoms with Crippen LogP contribution in [0.1, 0.15) is 28.5 Å². The number of hydrogen-bond acceptors (Lipinski definition) is 6. The van der Waals surface area contributed by atoms with Gasteiger partial charge in [-0.25, -0.2) is 0 Å². The SMILES string of the molecule is Cc1ccc(C(O)=C2C(=O)C(=O)N(c3cc(C)on3)[C@@H]2c2cccnc2)cc1. The van der Waals surface area contributed by atoms with Crippen LogP contribution in [0.25, 0.3) is 5.76 Å². The first kappa shape index (κ1) is 17.7. The van der Waals surface area contributed by atoms with Crippen LogP contribution in [0.5, 0.6) is 0 Å². The Morgan fingerprint density at radius 2 is 1.89 bits per heavy atom. The van der Waals surface area contributed by atoms with E-state index in [1.165, 1.54) is 4.90 Å². The monoisotopic (exact) mass is 375 g/mol. The number of aromatic nitrogens is 2. The molecule has 0 radical (unpaired) electrons. The zero-order chi connectivity index (χ0) is 19.8. The van der Waals surface area contributed by atoms with Gasteiger partial charge in [0.2, 0.25) is 0 Å². The van der Waals surface area contributed by atoms with E-state index in [4.69, 9.17) is 4.52 Å². The average Bonchev–Trinajstić information content (AvgIpc) is 3.24. The van der Waals surface area contributed by atoms with E-state index in [2.05, 4.69) is 10.1 Å². The number of Topliss-reactive ketones (excluding diaryl/α,β-unsaturated/α-hetero) is 1. The summed E-state index contributed by atoms with van der Waals surface area (Å²) in [5.74, 6) is -1.10. The maximum Gasteiger partial charge on any atom is 0.301 e. The molecule has 0 unspecified atom stereocenters. The Morgan fingerprint density at radius 3 is 2.50 bits per heavy atom. The fraction of sp³-hybridized carbons (Fsp3) is 0.143. The lowest BCUT2D eigenvalue weighted by Gasteiger charge is -2.22. The lowest BCUT2D eigenvalue weighted by atomic mass is 9.96. The number of carbonyl (C=O) groups is 2. The molecule has 1 aromatic carbocycles. The molecule has 0 saturated carbocycles. The molecular weight excluding hydrogens is 358 g/mol. The Kier molecular flexibility index (Phi) is 4.27. The second kappa shape index (κ2) is 6.77. The van der Waals surface area contributed by atoms with Crippen LogP contribution in [0.15, 0.2) is 65.0 Å². The summed E-state index contributed by atoms with van der Waals surface area (Å²) in [7, 11) is 0. The number of ketones is 1. The van der Waals surface area contributed by atoms with Gasteiger partial charge in [0.05, 0.1) is 11.6 Å². The molecule has 1 saturated heterocycles. The van der Waals surface area contributed by atoms with Crippen LogP contribution in [-0.4, -0.2) is 26.9 Å². The molecule has 1 N–H and O–H groups in total. The van der Waals surface area contributed by atoms with Crippen LogP contribution in [0.3, 0.4) is 0 Å². The Balaban J connectivity index is 1.93. The molecule has 0 spiro atoms. The molecule has 7 nitrogen and oxygen atoms in total. The molecule has 28 heavy (non-hydrogen) atoms. The van der Waals surface area contributed by atoms with Crippen molar-refractivity contribution in [1.82, 2.24) is 10.1 Å². The molecule has 1 aliphatic heterocycles. The Labute approximate surface area is 160 Å². The van der Waals surface area contributed by atoms with Gasteiger partial charge < -0.3 is 9.63 Å². The molecule has 0 bridgehead atoms. The predicted molar refractivity (Wildman–Crippen MR) is 101 cm³/mol. The predicted octanol–water partition coefficient (Wildman–Crippen LogP) is 3.31. The highest BCUT2D eigenvalue weighted by molar-refractivity contribution is 6.51. The fourth-order valence-corrected chi connectivity index (χ4v) is 3.26. The highest BCUT2D eigenvalue weighted by atomic mass is 16.5. The average molecular weight is 375 g/mol. The van der Waals surface area contributed by atoms with Gasteiger partial charge in [-0.1, -0.05) is 41.1 Å². The summed E-state index contributed by atoms with van der Waals surface area (Å²) in [4.78, 5) is 31.0. The van der Waals surface area contributed by atoms with Crippen LogP contribution < -0.4 is 4.90 Å². The summed E-state index contributed by atoms with van der Waals surface area (Å²) in [5.41, 5.74) is 2.03. The van der Waals surface area contributed by atoms with E-state index in [0.29, 0.717) is 16.9 Å². The van der Waals surface area contributed by atoms with Crippen molar-refractivity contribution in [3.8, 4) is 0 Å². The third kappa shape index (κ3) is 2.87. The summed E-state index contributed by atoms with van der Waals surface area (Å²) in [5, 5.41) is 14.8. The number of rotatable bonds is 3. The van der Waals surface area contributed by atoms with Gasteiger partial charge >= 0.3 is 5.91 Å². The highest BCUT2D eigenvalue weighted by Crippen LogP contribution is 2.41. The summed E-state index contributed by atoms with van der Waals surface area (Å²) in [6, 6.07) is 11.2. The van der Waals surface area contributed by atoms with Crippen molar-refractivity contribution >= 4 is 23.3 Å². The number of aliphatic hydroxyl groups is 1. The smallest absolute Gasteiger partial charge is 0.301 e. The van der Waals surface area contributed by atoms with Crippen molar-refractivity contribution in [3.63, 3.8) is 0 Å². The van der Waals surface area contributed by atoms with E-state index in [9.17, 15) is 14.7 Å². The number of benzene rings is 1. The zero-order valence-electron chi connectivity index (χ0n) is 15.3. The Bertz CT molecular complexity index is 1080. The lowest BCUT2D eigenvalue weighted by Crippen LogP contribution is -2.29. The molecule has 140 valence electrons. The van der Waals surface area contributed by atoms with E-state index in [1.54, 1.807) is 49.6 Å². The van der Waals surface area contributed by atoms with E-state index in [0.717, 1.165) is 5.56 Å². The number of hydrogen-bond donors (Lipinski definition) is 1. The molecule has 1 aliphatic rings. The Hall–Kier alpha value is -3.74. The van der Waals surface area contributed by atoms with Gasteiger partial charge in [-0.05, 0) is 25.5 Å². The number of nitrogens with zero attached hydrogens (tertiary/aromatic N) is 3. The molecule has 4 rings (SSSR count). The van der Waals surface area contributed by atoms with Crippen LogP contribution in [0, 0.1) is 13.8 Å². The second-order valence-electron chi connectivity index (χ2n) is 6.62. The lowest BCUT2D eigenvalue weighted by molar-refractivity contribution is -0.132. The molecule has 0 aliphatic carbocycles. The molecule has 7 heteroatoms. The van der Waals surface area contributed by atoms with Gasteiger partial charge in [0.15, 0.2) is 5.82 Å². The number of aryl methyl sites for hydroxylation is 2. The summed E-state index contributed by atoms with van der Waals surface area (Å²) in [6.45, 7) is 3.61. The van der Waals surface area contributed by atoms with E-state index in [-0.39, 0.29) is 17.2 Å². The van der Waals surface area contributed by atoms with Crippen molar-refractivity contribution in [2.45, 2.75) is 19.9 Å². The van der Waals surface area contributed by atoms with Gasteiger partial charge in [0, 0.05) is 24.0 Å². The zero-order valence-corrected chi connectivity index (χ0v) is 15.3. The molecule has 1 atom stereocenters. The van der Waals surface area contributed by atoms with Crippen LogP contribution in [0.4, 0.5) is 5.82 Å². The quantitative estimate of drug-likeness (QED) is 0.429. The number of aliphatic hydroxyl groups excluding tert-OH is 1. The first-order valence-corrected chi connectivity index (χ1v) is 8.68. The second-order valence-corrected chi connectivity index (χ2v) is 6.62. The molecule has 3 heterocycles. The maximum atomic E-state index is 12.9. The largest absolute Gasteiger partial charge is 0.507 e. The molecule has 2 aromatic heterocycles. The van der Waals surface area contributed by atoms with Crippen LogP contribution >= 0.6 is 0 Å². The van der Waals surface area contributed by atoms with Gasteiger partial charge in [0.1, 0.15) is 11.5 Å². The minimum Gasteiger partial charge on any atom is -0.507 e. The fourth-order valence-electron chi connectivity index (χ4n) is 3.26. The number of carbonyl (C=O) groups excluding carboxylic acids is 2. The van der Waals surface area contributed by atoms with Crippen molar-refractivity contribution in [2.75, 3.05) is 4.90 Å². The number of pyridine rings is 1. The summed E-state index contributed by atoms with van der Waals surface area (Å²) < 4.78 is 5.09. The van der Waals surface area contributed by atoms with Crippen molar-refractivity contribution in [2.24, 2.45) is 0 Å². The highest BCUT2D eigenvalue weighted by Gasteiger charge is 2.48. The standard InChI is InChI=1S/C21H17N3O4/c1-12-5-7-14(8-6-12)19(25)17-18(15-4-3-9-22-11-15)24(21(27)20(17)26)16-10-13(2)28-23-16/h3-11,18,25H,1-2H3/t18-/m1/s1. The first-order valence-electron chi connectivity index (χ1n) is 8.68. The molecule has 1 fully saturated rings.